The minimum absolute atomic E-state index is 0.470. The largest absolute Gasteiger partial charge is 0.480 e. The lowest BCUT2D eigenvalue weighted by atomic mass is 10.3. The van der Waals surface area contributed by atoms with Gasteiger partial charge in [-0.3, -0.25) is 9.59 Å². The maximum atomic E-state index is 10.1. The molecule has 0 aliphatic carbocycles. The minimum Gasteiger partial charge on any atom is -0.480 e. The van der Waals surface area contributed by atoms with Gasteiger partial charge >= 0.3 is 11.9 Å². The molecule has 0 saturated carbocycles. The van der Waals surface area contributed by atoms with Gasteiger partial charge in [0.05, 0.1) is 0 Å². The summed E-state index contributed by atoms with van der Waals surface area (Å²) in [6.07, 6.45) is 0. The summed E-state index contributed by atoms with van der Waals surface area (Å²) in [5.74, 6) is -2.57. The molecule has 2 N–H and O–H groups in total. The summed E-state index contributed by atoms with van der Waals surface area (Å²) in [7, 11) is -0.940. The smallest absolute Gasteiger partial charge is 0.318 e. The Balaban J connectivity index is 0.000000342. The van der Waals surface area contributed by atoms with Crippen LogP contribution in [0.15, 0.2) is 121 Å². The number of thiol groups is 2. The zero-order chi connectivity index (χ0) is 27.5. The van der Waals surface area contributed by atoms with Gasteiger partial charge in [0, 0.05) is 5.40 Å². The van der Waals surface area contributed by atoms with Crippen molar-refractivity contribution < 1.29 is 19.8 Å². The predicted molar refractivity (Wildman–Crippen MR) is 168 cm³/mol. The topological polar surface area (TPSA) is 74.6 Å². The van der Waals surface area contributed by atoms with E-state index in [0.29, 0.717) is 5.40 Å². The average molecular weight is 581 g/mol. The highest BCUT2D eigenvalue weighted by Gasteiger charge is 2.30. The van der Waals surface area contributed by atoms with Crippen LogP contribution in [0.5, 0.6) is 0 Å². The molecule has 0 amide bonds. The second-order valence-electron chi connectivity index (χ2n) is 8.28. The first-order chi connectivity index (χ1) is 18.3. The van der Waals surface area contributed by atoms with Gasteiger partial charge in [-0.2, -0.15) is 25.3 Å². The Morgan fingerprint density at radius 1 is 0.526 bits per heavy atom. The van der Waals surface area contributed by atoms with Crippen LogP contribution in [-0.4, -0.2) is 38.1 Å². The number of carbonyl (C=O) groups is 2. The molecule has 4 aromatic carbocycles. The van der Waals surface area contributed by atoms with Crippen LogP contribution < -0.4 is 21.2 Å². The standard InChI is InChI=1S/C26H24P2.C4H6O4S2/c1-22(27(23-14-6-2-7-15-23)24-16-8-3-9-17-24)28(25-18-10-4-11-19-25)26-20-12-5-13-21-26;5-3(6)1(9)2(10)4(7)8/h2-22H,1H3;1-2,9-10H,(H,5,6)(H,7,8). The van der Waals surface area contributed by atoms with Crippen molar-refractivity contribution in [3.63, 3.8) is 0 Å². The SMILES string of the molecule is CC(P(c1ccccc1)c1ccccc1)P(c1ccccc1)c1ccccc1.O=C(O)C(S)C(S)C(=O)O. The molecule has 4 rings (SSSR count). The normalized spacial score (nSPS) is 12.5. The van der Waals surface area contributed by atoms with Crippen molar-refractivity contribution in [2.24, 2.45) is 0 Å². The van der Waals surface area contributed by atoms with Crippen molar-refractivity contribution in [1.82, 2.24) is 0 Å². The Kier molecular flexibility index (Phi) is 11.9. The summed E-state index contributed by atoms with van der Waals surface area (Å²) < 4.78 is 0. The Bertz CT molecular complexity index is 1100. The van der Waals surface area contributed by atoms with Gasteiger partial charge in [0.2, 0.25) is 0 Å². The third-order valence-electron chi connectivity index (χ3n) is 5.69. The lowest BCUT2D eigenvalue weighted by Gasteiger charge is -2.33. The van der Waals surface area contributed by atoms with Crippen LogP contribution in [0.1, 0.15) is 6.92 Å². The molecule has 0 bridgehead atoms. The summed E-state index contributed by atoms with van der Waals surface area (Å²) in [4.78, 5) is 20.1. The van der Waals surface area contributed by atoms with Crippen LogP contribution in [0.25, 0.3) is 0 Å². The molecule has 8 heteroatoms. The first-order valence-corrected chi connectivity index (χ1v) is 15.8. The van der Waals surface area contributed by atoms with E-state index in [0.717, 1.165) is 0 Å². The maximum Gasteiger partial charge on any atom is 0.318 e. The fourth-order valence-corrected chi connectivity index (χ4v) is 11.0. The number of hydrogen-bond acceptors (Lipinski definition) is 4. The summed E-state index contributed by atoms with van der Waals surface area (Å²) >= 11 is 7.00. The lowest BCUT2D eigenvalue weighted by Crippen LogP contribution is -2.31. The Hall–Kier alpha value is -2.62. The van der Waals surface area contributed by atoms with E-state index in [1.807, 2.05) is 0 Å². The Morgan fingerprint density at radius 2 is 0.737 bits per heavy atom. The molecule has 0 radical (unpaired) electrons. The summed E-state index contributed by atoms with van der Waals surface area (Å²) in [6, 6.07) is 44.3. The van der Waals surface area contributed by atoms with E-state index >= 15 is 0 Å². The van der Waals surface area contributed by atoms with Crippen molar-refractivity contribution in [2.45, 2.75) is 22.8 Å². The fourth-order valence-electron chi connectivity index (χ4n) is 3.90. The Morgan fingerprint density at radius 3 is 0.921 bits per heavy atom. The van der Waals surface area contributed by atoms with Gasteiger partial charge in [0.1, 0.15) is 10.5 Å². The molecule has 0 spiro atoms. The van der Waals surface area contributed by atoms with Crippen LogP contribution >= 0.6 is 41.1 Å². The average Bonchev–Trinajstić information content (AvgIpc) is 2.95. The van der Waals surface area contributed by atoms with E-state index in [2.05, 4.69) is 154 Å². The second-order valence-corrected chi connectivity index (χ2v) is 14.9. The van der Waals surface area contributed by atoms with E-state index in [4.69, 9.17) is 10.2 Å². The third kappa shape index (κ3) is 8.19. The molecule has 0 aliphatic heterocycles. The number of hydrogen-bond donors (Lipinski definition) is 4. The molecule has 0 fully saturated rings. The highest BCUT2D eigenvalue weighted by molar-refractivity contribution is 7.89. The van der Waals surface area contributed by atoms with E-state index < -0.39 is 38.3 Å². The van der Waals surface area contributed by atoms with Gasteiger partial charge in [-0.05, 0) is 37.1 Å². The van der Waals surface area contributed by atoms with Crippen molar-refractivity contribution in [3.05, 3.63) is 121 Å². The number of carboxylic acids is 2. The first kappa shape index (κ1) is 29.9. The molecule has 196 valence electrons. The van der Waals surface area contributed by atoms with Crippen molar-refractivity contribution in [3.8, 4) is 0 Å². The van der Waals surface area contributed by atoms with Crippen LogP contribution in [0, 0.1) is 0 Å². The molecular formula is C30H30O4P2S2. The molecule has 4 aromatic rings. The molecule has 4 nitrogen and oxygen atoms in total. The summed E-state index contributed by atoms with van der Waals surface area (Å²) in [5, 5.41) is 20.2. The van der Waals surface area contributed by atoms with Gasteiger partial charge in [0.25, 0.3) is 0 Å². The summed E-state index contributed by atoms with van der Waals surface area (Å²) in [6.45, 7) is 2.46. The molecular weight excluding hydrogens is 550 g/mol. The van der Waals surface area contributed by atoms with E-state index in [9.17, 15) is 9.59 Å². The Labute approximate surface area is 237 Å². The maximum absolute atomic E-state index is 10.1. The molecule has 38 heavy (non-hydrogen) atoms. The van der Waals surface area contributed by atoms with Gasteiger partial charge in [-0.15, -0.1) is 0 Å². The molecule has 2 atom stereocenters. The summed E-state index contributed by atoms with van der Waals surface area (Å²) in [5.41, 5.74) is 0. The lowest BCUT2D eigenvalue weighted by molar-refractivity contribution is -0.142. The van der Waals surface area contributed by atoms with Crippen LogP contribution in [0.3, 0.4) is 0 Å². The predicted octanol–water partition coefficient (Wildman–Crippen LogP) is 5.35. The number of rotatable bonds is 9. The zero-order valence-corrected chi connectivity index (χ0v) is 24.4. The van der Waals surface area contributed by atoms with Gasteiger partial charge in [-0.1, -0.05) is 128 Å². The number of aliphatic carboxylic acids is 2. The van der Waals surface area contributed by atoms with Gasteiger partial charge < -0.3 is 10.2 Å². The quantitative estimate of drug-likeness (QED) is 0.159. The van der Waals surface area contributed by atoms with Gasteiger partial charge in [0.15, 0.2) is 0 Å². The first-order valence-electron chi connectivity index (χ1n) is 11.9. The molecule has 0 aliphatic rings. The highest BCUT2D eigenvalue weighted by Crippen LogP contribution is 2.55. The van der Waals surface area contributed by atoms with Crippen molar-refractivity contribution in [1.29, 1.82) is 0 Å². The minimum atomic E-state index is -1.29. The third-order valence-corrected chi connectivity index (χ3v) is 13.3. The van der Waals surface area contributed by atoms with E-state index in [1.54, 1.807) is 0 Å². The number of carboxylic acid groups (broad SMARTS) is 2. The van der Waals surface area contributed by atoms with Gasteiger partial charge in [-0.25, -0.2) is 0 Å². The molecule has 0 aromatic heterocycles. The van der Waals surface area contributed by atoms with E-state index in [1.165, 1.54) is 21.2 Å². The molecule has 2 unspecified atom stereocenters. The number of benzene rings is 4. The fraction of sp³-hybridized carbons (Fsp3) is 0.133. The highest BCUT2D eigenvalue weighted by atomic mass is 32.1. The van der Waals surface area contributed by atoms with Crippen LogP contribution in [0.2, 0.25) is 0 Å². The molecule has 0 saturated heterocycles. The second kappa shape index (κ2) is 15.1. The van der Waals surface area contributed by atoms with Crippen molar-refractivity contribution in [2.75, 3.05) is 0 Å². The monoisotopic (exact) mass is 580 g/mol. The van der Waals surface area contributed by atoms with Crippen LogP contribution in [0.4, 0.5) is 0 Å². The van der Waals surface area contributed by atoms with Crippen LogP contribution in [-0.2, 0) is 9.59 Å². The zero-order valence-electron chi connectivity index (χ0n) is 20.8. The van der Waals surface area contributed by atoms with Crippen molar-refractivity contribution >= 4 is 74.3 Å². The van der Waals surface area contributed by atoms with E-state index in [-0.39, 0.29) is 0 Å². The molecule has 0 heterocycles.